The number of rotatable bonds is 3. The van der Waals surface area contributed by atoms with E-state index >= 15 is 0 Å². The van der Waals surface area contributed by atoms with Gasteiger partial charge in [-0.3, -0.25) is 0 Å². The Bertz CT molecular complexity index is 334. The van der Waals surface area contributed by atoms with Crippen LogP contribution in [0, 0.1) is 0 Å². The maximum Gasteiger partial charge on any atom is 0.0762 e. The van der Waals surface area contributed by atoms with Crippen LogP contribution in [0.15, 0.2) is 24.3 Å². The smallest absolute Gasteiger partial charge is 0.0762 e. The van der Waals surface area contributed by atoms with Crippen LogP contribution in [0.5, 0.6) is 0 Å². The molecule has 16 heavy (non-hydrogen) atoms. The molecule has 0 saturated carbocycles. The second-order valence-corrected chi connectivity index (χ2v) is 4.47. The van der Waals surface area contributed by atoms with Crippen molar-refractivity contribution in [2.45, 2.75) is 25.5 Å². The largest absolute Gasteiger partial charge is 0.380 e. The highest BCUT2D eigenvalue weighted by atomic mass is 16.5. The number of anilines is 1. The minimum atomic E-state index is 0.111. The normalized spacial score (nSPS) is 22.4. The van der Waals surface area contributed by atoms with Gasteiger partial charge in [0.2, 0.25) is 0 Å². The van der Waals surface area contributed by atoms with Crippen LogP contribution in [-0.4, -0.2) is 26.3 Å². The summed E-state index contributed by atoms with van der Waals surface area (Å²) in [4.78, 5) is 2.36. The second kappa shape index (κ2) is 4.85. The van der Waals surface area contributed by atoms with Crippen molar-refractivity contribution < 1.29 is 4.74 Å². The highest BCUT2D eigenvalue weighted by Crippen LogP contribution is 2.23. The highest BCUT2D eigenvalue weighted by Gasteiger charge is 2.21. The van der Waals surface area contributed by atoms with Crippen molar-refractivity contribution in [1.82, 2.24) is 0 Å². The number of nitrogens with zero attached hydrogens (tertiary/aromatic N) is 1. The van der Waals surface area contributed by atoms with Crippen molar-refractivity contribution in [3.05, 3.63) is 29.8 Å². The predicted molar refractivity (Wildman–Crippen MR) is 66.7 cm³/mol. The third-order valence-corrected chi connectivity index (χ3v) is 3.26. The molecule has 2 N–H and O–H groups in total. The van der Waals surface area contributed by atoms with Crippen LogP contribution in [0.2, 0.25) is 0 Å². The fourth-order valence-electron chi connectivity index (χ4n) is 2.14. The van der Waals surface area contributed by atoms with Gasteiger partial charge in [0.1, 0.15) is 0 Å². The van der Waals surface area contributed by atoms with Gasteiger partial charge in [-0.15, -0.1) is 0 Å². The van der Waals surface area contributed by atoms with Gasteiger partial charge in [-0.2, -0.15) is 0 Å². The molecule has 0 aromatic heterocycles. The highest BCUT2D eigenvalue weighted by molar-refractivity contribution is 5.49. The second-order valence-electron chi connectivity index (χ2n) is 4.47. The first-order valence-electron chi connectivity index (χ1n) is 5.84. The van der Waals surface area contributed by atoms with E-state index in [1.54, 1.807) is 7.11 Å². The molecule has 0 amide bonds. The number of benzene rings is 1. The summed E-state index contributed by atoms with van der Waals surface area (Å²) in [5.41, 5.74) is 8.28. The Kier molecular flexibility index (Phi) is 3.46. The lowest BCUT2D eigenvalue weighted by atomic mass is 10.1. The number of hydrogen-bond acceptors (Lipinski definition) is 3. The molecule has 1 heterocycles. The zero-order valence-electron chi connectivity index (χ0n) is 10.0. The molecule has 0 spiro atoms. The fourth-order valence-corrected chi connectivity index (χ4v) is 2.14. The van der Waals surface area contributed by atoms with Crippen LogP contribution in [0.1, 0.15) is 24.9 Å². The molecule has 2 atom stereocenters. The van der Waals surface area contributed by atoms with Gasteiger partial charge in [0, 0.05) is 31.9 Å². The maximum atomic E-state index is 5.83. The summed E-state index contributed by atoms with van der Waals surface area (Å²) in [6.07, 6.45) is 1.50. The van der Waals surface area contributed by atoms with Gasteiger partial charge in [-0.1, -0.05) is 12.1 Å². The van der Waals surface area contributed by atoms with E-state index in [4.69, 9.17) is 10.5 Å². The number of nitrogens with two attached hydrogens (primary N) is 1. The Labute approximate surface area is 97.2 Å². The molecule has 1 aliphatic rings. The molecule has 2 rings (SSSR count). The fraction of sp³-hybridized carbons (Fsp3) is 0.538. The number of hydrogen-bond donors (Lipinski definition) is 1. The van der Waals surface area contributed by atoms with E-state index in [0.29, 0.717) is 6.10 Å². The summed E-state index contributed by atoms with van der Waals surface area (Å²) in [6, 6.07) is 8.63. The molecule has 1 fully saturated rings. The average molecular weight is 220 g/mol. The summed E-state index contributed by atoms with van der Waals surface area (Å²) in [7, 11) is 1.79. The van der Waals surface area contributed by atoms with E-state index in [9.17, 15) is 0 Å². The molecule has 1 aromatic carbocycles. The summed E-state index contributed by atoms with van der Waals surface area (Å²) in [6.45, 7) is 4.08. The van der Waals surface area contributed by atoms with Gasteiger partial charge in [0.05, 0.1) is 6.10 Å². The van der Waals surface area contributed by atoms with E-state index in [1.165, 1.54) is 11.3 Å². The Morgan fingerprint density at radius 1 is 1.38 bits per heavy atom. The van der Waals surface area contributed by atoms with Gasteiger partial charge < -0.3 is 15.4 Å². The number of ether oxygens (including phenoxy) is 1. The molecule has 1 aliphatic heterocycles. The van der Waals surface area contributed by atoms with Crippen molar-refractivity contribution in [2.24, 2.45) is 5.73 Å². The SMILES string of the molecule is COC1CCN(c2ccc(C(C)N)cc2)C1. The van der Waals surface area contributed by atoms with Gasteiger partial charge in [0.15, 0.2) is 0 Å². The van der Waals surface area contributed by atoms with Crippen LogP contribution in [0.3, 0.4) is 0 Å². The van der Waals surface area contributed by atoms with Crippen molar-refractivity contribution >= 4 is 5.69 Å². The average Bonchev–Trinajstić information content (AvgIpc) is 2.77. The van der Waals surface area contributed by atoms with E-state index in [0.717, 1.165) is 19.5 Å². The minimum absolute atomic E-state index is 0.111. The van der Waals surface area contributed by atoms with E-state index < -0.39 is 0 Å². The first-order valence-corrected chi connectivity index (χ1v) is 5.84. The minimum Gasteiger partial charge on any atom is -0.380 e. The Morgan fingerprint density at radius 2 is 2.06 bits per heavy atom. The molecule has 0 aliphatic carbocycles. The molecule has 3 heteroatoms. The zero-order valence-corrected chi connectivity index (χ0v) is 10.0. The Hall–Kier alpha value is -1.06. The molecular formula is C13H20N2O. The van der Waals surface area contributed by atoms with E-state index in [-0.39, 0.29) is 6.04 Å². The molecule has 0 bridgehead atoms. The van der Waals surface area contributed by atoms with Gasteiger partial charge in [0.25, 0.3) is 0 Å². The lowest BCUT2D eigenvalue weighted by molar-refractivity contribution is 0.121. The van der Waals surface area contributed by atoms with Crippen LogP contribution >= 0.6 is 0 Å². The third kappa shape index (κ3) is 2.36. The molecule has 88 valence electrons. The first-order chi connectivity index (χ1) is 7.70. The molecule has 1 saturated heterocycles. The van der Waals surface area contributed by atoms with Crippen molar-refractivity contribution in [2.75, 3.05) is 25.1 Å². The molecule has 1 aromatic rings. The summed E-state index contributed by atoms with van der Waals surface area (Å²) < 4.78 is 5.36. The van der Waals surface area contributed by atoms with Gasteiger partial charge in [-0.05, 0) is 31.0 Å². The third-order valence-electron chi connectivity index (χ3n) is 3.26. The van der Waals surface area contributed by atoms with Crippen molar-refractivity contribution in [3.63, 3.8) is 0 Å². The first kappa shape index (κ1) is 11.4. The monoisotopic (exact) mass is 220 g/mol. The van der Waals surface area contributed by atoms with E-state index in [1.807, 2.05) is 6.92 Å². The lowest BCUT2D eigenvalue weighted by Crippen LogP contribution is -2.22. The standard InChI is InChI=1S/C13H20N2O/c1-10(14)11-3-5-12(6-4-11)15-8-7-13(9-15)16-2/h3-6,10,13H,7-9,14H2,1-2H3. The lowest BCUT2D eigenvalue weighted by Gasteiger charge is -2.19. The summed E-state index contributed by atoms with van der Waals surface area (Å²) in [5.74, 6) is 0. The van der Waals surface area contributed by atoms with Gasteiger partial charge in [-0.25, -0.2) is 0 Å². The quantitative estimate of drug-likeness (QED) is 0.846. The Balaban J connectivity index is 2.05. The Morgan fingerprint density at radius 3 is 2.56 bits per heavy atom. The van der Waals surface area contributed by atoms with Crippen LogP contribution < -0.4 is 10.6 Å². The van der Waals surface area contributed by atoms with Gasteiger partial charge >= 0.3 is 0 Å². The molecular weight excluding hydrogens is 200 g/mol. The van der Waals surface area contributed by atoms with E-state index in [2.05, 4.69) is 29.2 Å². The number of methoxy groups -OCH3 is 1. The molecule has 2 unspecified atom stereocenters. The van der Waals surface area contributed by atoms with Crippen molar-refractivity contribution in [3.8, 4) is 0 Å². The molecule has 3 nitrogen and oxygen atoms in total. The van der Waals surface area contributed by atoms with Crippen LogP contribution in [-0.2, 0) is 4.74 Å². The maximum absolute atomic E-state index is 5.83. The van der Waals surface area contributed by atoms with Crippen molar-refractivity contribution in [1.29, 1.82) is 0 Å². The summed E-state index contributed by atoms with van der Waals surface area (Å²) in [5, 5.41) is 0. The zero-order chi connectivity index (χ0) is 11.5. The predicted octanol–water partition coefficient (Wildman–Crippen LogP) is 1.93. The van der Waals surface area contributed by atoms with Crippen LogP contribution in [0.4, 0.5) is 5.69 Å². The topological polar surface area (TPSA) is 38.5 Å². The molecule has 0 radical (unpaired) electrons. The van der Waals surface area contributed by atoms with Crippen LogP contribution in [0.25, 0.3) is 0 Å². The summed E-state index contributed by atoms with van der Waals surface area (Å²) >= 11 is 0.